The van der Waals surface area contributed by atoms with Gasteiger partial charge in [-0.2, -0.15) is 0 Å². The number of esters is 2. The first-order valence-electron chi connectivity index (χ1n) is 41.6. The van der Waals surface area contributed by atoms with Crippen molar-refractivity contribution in [3.05, 3.63) is 158 Å². The summed E-state index contributed by atoms with van der Waals surface area (Å²) in [6, 6.07) is 0. The van der Waals surface area contributed by atoms with Crippen LogP contribution in [-0.2, 0) is 33.3 Å². The lowest BCUT2D eigenvalue weighted by Gasteiger charge is -2.26. The van der Waals surface area contributed by atoms with E-state index in [1.54, 1.807) is 0 Å². The van der Waals surface area contributed by atoms with E-state index < -0.39 is 24.3 Å². The molecule has 101 heavy (non-hydrogen) atoms. The molecule has 0 rings (SSSR count). The summed E-state index contributed by atoms with van der Waals surface area (Å²) >= 11 is 0. The lowest BCUT2D eigenvalue weighted by atomic mass is 10.0. The first kappa shape index (κ1) is 95.9. The van der Waals surface area contributed by atoms with Gasteiger partial charge in [-0.1, -0.05) is 371 Å². The quantitative estimate of drug-likeness (QED) is 0.0195. The molecule has 0 saturated carbocycles. The molecule has 576 valence electrons. The van der Waals surface area contributed by atoms with Crippen molar-refractivity contribution in [2.75, 3.05) is 47.5 Å². The maximum Gasteiger partial charge on any atom is 0.306 e. The minimum atomic E-state index is -1.63. The summed E-state index contributed by atoms with van der Waals surface area (Å²) in [5.41, 5.74) is 0. The summed E-state index contributed by atoms with van der Waals surface area (Å²) in [4.78, 5) is 37.7. The third kappa shape index (κ3) is 82.1. The molecule has 0 aliphatic heterocycles. The number of rotatable bonds is 76. The van der Waals surface area contributed by atoms with E-state index in [1.165, 1.54) is 193 Å². The fourth-order valence-corrected chi connectivity index (χ4v) is 11.5. The summed E-state index contributed by atoms with van der Waals surface area (Å²) in [5.74, 6) is -2.27. The molecule has 0 bridgehead atoms. The number of quaternary nitrogens is 1. The molecule has 0 aromatic rings. The number of aliphatic carboxylic acids is 1. The second-order valence-electron chi connectivity index (χ2n) is 28.7. The first-order chi connectivity index (χ1) is 49.6. The molecule has 0 aromatic carbocycles. The number of allylic oxidation sites excluding steroid dienone is 26. The summed E-state index contributed by atoms with van der Waals surface area (Å²) in [6.07, 6.45) is 117. The first-order valence-corrected chi connectivity index (χ1v) is 41.6. The molecule has 0 radical (unpaired) electrons. The van der Waals surface area contributed by atoms with Crippen LogP contribution in [0.15, 0.2) is 158 Å². The maximum atomic E-state index is 13.0. The lowest BCUT2D eigenvalue weighted by molar-refractivity contribution is -0.870. The van der Waals surface area contributed by atoms with Gasteiger partial charge in [-0.05, 0) is 122 Å². The summed E-state index contributed by atoms with van der Waals surface area (Å²) in [5, 5.41) is 11.9. The van der Waals surface area contributed by atoms with Gasteiger partial charge in [-0.25, -0.2) is 0 Å². The van der Waals surface area contributed by atoms with Crippen LogP contribution in [0.2, 0.25) is 0 Å². The number of hydrogen-bond donors (Lipinski definition) is 0. The van der Waals surface area contributed by atoms with Crippen LogP contribution in [0, 0.1) is 0 Å². The van der Waals surface area contributed by atoms with Crippen LogP contribution in [-0.4, -0.2) is 82.3 Å². The van der Waals surface area contributed by atoms with E-state index in [1.807, 2.05) is 21.1 Å². The molecule has 0 fully saturated rings. The van der Waals surface area contributed by atoms with Crippen LogP contribution in [0.25, 0.3) is 0 Å². The van der Waals surface area contributed by atoms with Crippen LogP contribution in [0.1, 0.15) is 348 Å². The molecule has 0 aliphatic rings. The SMILES string of the molecule is CC/C=C\C/C=C\C/C=C\C/C=C\C/C=C\C/C=C\C/C=C\C/C=C\CCCCCCCCCCCCCCCCC(=O)OC(COC(=O)CCCCCCCCCCCCCCCCCCCCCCC/C=C\C/C=C\C/C=C\C/C=C\C/C=C\CC)COC(OCC[N+](C)(C)C)C(=O)[O-]. The molecule has 0 amide bonds. The number of hydrogen-bond acceptors (Lipinski definition) is 8. The van der Waals surface area contributed by atoms with Gasteiger partial charge < -0.3 is 33.3 Å². The molecule has 0 heterocycles. The highest BCUT2D eigenvalue weighted by Gasteiger charge is 2.22. The normalized spacial score (nSPS) is 13.5. The van der Waals surface area contributed by atoms with Crippen molar-refractivity contribution in [1.29, 1.82) is 0 Å². The Bertz CT molecular complexity index is 2230. The highest BCUT2D eigenvalue weighted by atomic mass is 16.7. The number of carbonyl (C=O) groups excluding carboxylic acids is 3. The zero-order valence-electron chi connectivity index (χ0n) is 66.0. The minimum Gasteiger partial charge on any atom is -0.545 e. The zero-order valence-corrected chi connectivity index (χ0v) is 66.0. The summed E-state index contributed by atoms with van der Waals surface area (Å²) in [7, 11) is 5.94. The van der Waals surface area contributed by atoms with Crippen molar-refractivity contribution < 1.29 is 42.9 Å². The Morgan fingerprint density at radius 1 is 0.297 bits per heavy atom. The van der Waals surface area contributed by atoms with Crippen LogP contribution < -0.4 is 5.11 Å². The number of carboxylic acid groups (broad SMARTS) is 1. The monoisotopic (exact) mass is 1400 g/mol. The molecule has 2 unspecified atom stereocenters. The molecule has 2 atom stereocenters. The van der Waals surface area contributed by atoms with Crippen molar-refractivity contribution in [3.8, 4) is 0 Å². The van der Waals surface area contributed by atoms with Crippen LogP contribution in [0.3, 0.4) is 0 Å². The topological polar surface area (TPSA) is 111 Å². The number of unbranched alkanes of at least 4 members (excludes halogenated alkanes) is 35. The van der Waals surface area contributed by atoms with Crippen molar-refractivity contribution in [2.24, 2.45) is 0 Å². The zero-order chi connectivity index (χ0) is 73.2. The summed E-state index contributed by atoms with van der Waals surface area (Å²) in [6.45, 7) is 4.55. The largest absolute Gasteiger partial charge is 0.545 e. The van der Waals surface area contributed by atoms with E-state index in [4.69, 9.17) is 18.9 Å². The Balaban J connectivity index is 4.02. The smallest absolute Gasteiger partial charge is 0.306 e. The second kappa shape index (κ2) is 80.6. The Hall–Kier alpha value is -5.09. The van der Waals surface area contributed by atoms with Gasteiger partial charge in [0.15, 0.2) is 12.4 Å². The van der Waals surface area contributed by atoms with Gasteiger partial charge in [0.05, 0.1) is 40.3 Å². The number of carbonyl (C=O) groups is 3. The number of likely N-dealkylation sites (N-methyl/N-ethyl adjacent to an activating group) is 1. The van der Waals surface area contributed by atoms with Crippen molar-refractivity contribution in [1.82, 2.24) is 0 Å². The van der Waals surface area contributed by atoms with E-state index >= 15 is 0 Å². The Morgan fingerprint density at radius 3 is 0.792 bits per heavy atom. The molecular formula is C92H155NO8. The van der Waals surface area contributed by atoms with E-state index in [0.29, 0.717) is 17.4 Å². The van der Waals surface area contributed by atoms with Gasteiger partial charge in [-0.3, -0.25) is 9.59 Å². The van der Waals surface area contributed by atoms with E-state index in [2.05, 4.69) is 172 Å². The minimum absolute atomic E-state index is 0.144. The highest BCUT2D eigenvalue weighted by molar-refractivity contribution is 5.70. The van der Waals surface area contributed by atoms with Gasteiger partial charge in [0.2, 0.25) is 0 Å². The third-order valence-electron chi connectivity index (χ3n) is 17.8. The lowest BCUT2D eigenvalue weighted by Crippen LogP contribution is -2.44. The Morgan fingerprint density at radius 2 is 0.535 bits per heavy atom. The highest BCUT2D eigenvalue weighted by Crippen LogP contribution is 2.19. The van der Waals surface area contributed by atoms with Gasteiger partial charge in [0, 0.05) is 12.8 Å². The molecule has 0 aromatic heterocycles. The molecular weight excluding hydrogens is 1250 g/mol. The Kier molecular flexibility index (Phi) is 76.5. The molecule has 0 aliphatic carbocycles. The van der Waals surface area contributed by atoms with Crippen molar-refractivity contribution in [2.45, 2.75) is 360 Å². The molecule has 9 nitrogen and oxygen atoms in total. The van der Waals surface area contributed by atoms with E-state index in [-0.39, 0.29) is 38.6 Å². The van der Waals surface area contributed by atoms with Gasteiger partial charge in [0.25, 0.3) is 0 Å². The Labute approximate surface area is 623 Å². The standard InChI is InChI=1S/C92H155NO8/c1-6-8-10-12-14-16-18-20-22-24-26-28-30-32-34-36-38-40-42-44-45-47-49-51-53-55-57-59-61-63-65-67-69-71-73-75-77-79-81-83-90(95)101-88(87-100-92(91(96)97)98-85-84-93(3,4)5)86-99-89(94)82-80-78-76-74-72-70-68-66-64-62-60-58-56-54-52-50-48-46-43-41-39-37-35-33-31-29-27-25-23-21-19-17-15-13-11-9-7-2/h8-11,14-17,20-23,26-29,32-35,38,40,44-45,49,51,88,92H,6-7,12-13,18-19,24-25,30-31,36-37,39,41-43,46-48,50,52-87H2,1-5H3/b10-8-,11-9-,16-14-,17-15-,22-20-,23-21-,28-26-,29-27-,34-32-,35-33-,40-38-,45-44-,51-49-. The van der Waals surface area contributed by atoms with Crippen LogP contribution in [0.5, 0.6) is 0 Å². The van der Waals surface area contributed by atoms with Crippen LogP contribution in [0.4, 0.5) is 0 Å². The van der Waals surface area contributed by atoms with Gasteiger partial charge in [-0.15, -0.1) is 0 Å². The number of carboxylic acids is 1. The van der Waals surface area contributed by atoms with Gasteiger partial charge in [0.1, 0.15) is 13.2 Å². The fourth-order valence-electron chi connectivity index (χ4n) is 11.5. The summed E-state index contributed by atoms with van der Waals surface area (Å²) < 4.78 is 22.9. The molecule has 9 heteroatoms. The molecule has 0 N–H and O–H groups in total. The van der Waals surface area contributed by atoms with Crippen LogP contribution >= 0.6 is 0 Å². The molecule has 0 spiro atoms. The predicted molar refractivity (Wildman–Crippen MR) is 435 cm³/mol. The maximum absolute atomic E-state index is 13.0. The van der Waals surface area contributed by atoms with E-state index in [9.17, 15) is 19.5 Å². The van der Waals surface area contributed by atoms with Crippen molar-refractivity contribution in [3.63, 3.8) is 0 Å². The number of ether oxygens (including phenoxy) is 4. The molecule has 0 saturated heterocycles. The third-order valence-corrected chi connectivity index (χ3v) is 17.8. The second-order valence-corrected chi connectivity index (χ2v) is 28.7. The number of nitrogens with zero attached hydrogens (tertiary/aromatic N) is 1. The average Bonchev–Trinajstić information content (AvgIpc) is 1.21. The predicted octanol–water partition coefficient (Wildman–Crippen LogP) is 25.8. The van der Waals surface area contributed by atoms with Gasteiger partial charge >= 0.3 is 11.9 Å². The van der Waals surface area contributed by atoms with Crippen molar-refractivity contribution >= 4 is 17.9 Å². The average molecular weight is 1400 g/mol. The van der Waals surface area contributed by atoms with E-state index in [0.717, 1.165) is 122 Å². The fraction of sp³-hybridized carbons (Fsp3) is 0.685.